The first-order valence-corrected chi connectivity index (χ1v) is 15.0. The number of nitrogens with zero attached hydrogens (tertiary/aromatic N) is 1. The summed E-state index contributed by atoms with van der Waals surface area (Å²) < 4.78 is 5.12. The molecule has 39 heavy (non-hydrogen) atoms. The third-order valence-corrected chi connectivity index (χ3v) is 8.50. The van der Waals surface area contributed by atoms with Crippen LogP contribution in [-0.2, 0) is 16.0 Å². The van der Waals surface area contributed by atoms with Gasteiger partial charge in [0.05, 0.1) is 12.2 Å². The standard InChI is InChI=1S/C30H43NO7S/c1-3-5-6-10-25(33)20-11-13-22(14-12-20)31-21(15-18-28(31)35)8-7-9-23-16-17-27(39-23)30(37)38-19-26(34)29(36)24(32)4-2/h11-14,16-17,21,24-26,29,32-34,36H,3-10,15,18-19H2,1-2H3/t21-,24-,25-,26-,29-/m0/s1. The van der Waals surface area contributed by atoms with Crippen molar-refractivity contribution in [2.45, 2.75) is 109 Å². The average molecular weight is 562 g/mol. The molecule has 1 saturated heterocycles. The molecule has 1 aliphatic rings. The van der Waals surface area contributed by atoms with Crippen LogP contribution in [0.25, 0.3) is 0 Å². The molecule has 4 N–H and O–H groups in total. The van der Waals surface area contributed by atoms with Gasteiger partial charge in [-0.15, -0.1) is 11.3 Å². The van der Waals surface area contributed by atoms with E-state index in [1.165, 1.54) is 11.3 Å². The number of carbonyl (C=O) groups excluding carboxylic acids is 2. The Morgan fingerprint density at radius 2 is 1.77 bits per heavy atom. The van der Waals surface area contributed by atoms with Crippen molar-refractivity contribution in [1.82, 2.24) is 0 Å². The highest BCUT2D eigenvalue weighted by atomic mass is 32.1. The number of hydrogen-bond donors (Lipinski definition) is 4. The highest BCUT2D eigenvalue weighted by Crippen LogP contribution is 2.31. The van der Waals surface area contributed by atoms with Crippen LogP contribution in [0.15, 0.2) is 36.4 Å². The molecule has 5 atom stereocenters. The molecule has 8 nitrogen and oxygen atoms in total. The monoisotopic (exact) mass is 561 g/mol. The van der Waals surface area contributed by atoms with Crippen molar-refractivity contribution in [2.75, 3.05) is 11.5 Å². The number of aryl methyl sites for hydroxylation is 1. The van der Waals surface area contributed by atoms with E-state index in [1.54, 1.807) is 13.0 Å². The molecule has 9 heteroatoms. The van der Waals surface area contributed by atoms with E-state index in [9.17, 15) is 30.0 Å². The third kappa shape index (κ3) is 8.85. The van der Waals surface area contributed by atoms with Crippen molar-refractivity contribution in [3.8, 4) is 0 Å². The fourth-order valence-corrected chi connectivity index (χ4v) is 5.89. The van der Waals surface area contributed by atoms with E-state index >= 15 is 0 Å². The smallest absolute Gasteiger partial charge is 0.348 e. The lowest BCUT2D eigenvalue weighted by molar-refractivity contribution is -0.117. The SMILES string of the molecule is CCCCC[C@H](O)c1ccc(N2C(=O)CC[C@@H]2CCCc2ccc(C(=O)OC[C@H](O)[C@@H](O)[C@@H](O)CC)s2)cc1. The first kappa shape index (κ1) is 31.2. The van der Waals surface area contributed by atoms with E-state index in [-0.39, 0.29) is 18.4 Å². The number of esters is 1. The zero-order chi connectivity index (χ0) is 28.4. The predicted molar refractivity (Wildman–Crippen MR) is 152 cm³/mol. The Morgan fingerprint density at radius 1 is 1.03 bits per heavy atom. The molecule has 216 valence electrons. The van der Waals surface area contributed by atoms with E-state index in [2.05, 4.69) is 6.92 Å². The van der Waals surface area contributed by atoms with Crippen LogP contribution in [0.3, 0.4) is 0 Å². The maximum atomic E-state index is 12.7. The number of rotatable bonds is 16. The minimum atomic E-state index is -1.37. The number of aliphatic hydroxyl groups is 4. The lowest BCUT2D eigenvalue weighted by atomic mass is 10.0. The summed E-state index contributed by atoms with van der Waals surface area (Å²) in [5, 5.41) is 39.8. The molecular formula is C30H43NO7S. The van der Waals surface area contributed by atoms with Crippen molar-refractivity contribution in [3.05, 3.63) is 51.7 Å². The van der Waals surface area contributed by atoms with Gasteiger partial charge in [-0.3, -0.25) is 4.79 Å². The highest BCUT2D eigenvalue weighted by molar-refractivity contribution is 7.13. The van der Waals surface area contributed by atoms with Crippen LogP contribution in [0.5, 0.6) is 0 Å². The van der Waals surface area contributed by atoms with Gasteiger partial charge in [0.1, 0.15) is 23.7 Å². The molecule has 1 aromatic heterocycles. The molecule has 0 aliphatic carbocycles. The Kier molecular flexibility index (Phi) is 12.4. The number of anilines is 1. The molecule has 0 saturated carbocycles. The van der Waals surface area contributed by atoms with Crippen molar-refractivity contribution in [3.63, 3.8) is 0 Å². The lowest BCUT2D eigenvalue weighted by Gasteiger charge is -2.25. The molecule has 0 radical (unpaired) electrons. The number of aliphatic hydroxyl groups excluding tert-OH is 4. The molecule has 3 rings (SSSR count). The number of amides is 1. The Hall–Kier alpha value is -2.30. The van der Waals surface area contributed by atoms with Gasteiger partial charge in [0.2, 0.25) is 5.91 Å². The summed E-state index contributed by atoms with van der Waals surface area (Å²) in [6.45, 7) is 3.43. The molecule has 2 aromatic rings. The summed E-state index contributed by atoms with van der Waals surface area (Å²) in [6, 6.07) is 11.4. The summed E-state index contributed by atoms with van der Waals surface area (Å²) in [5.41, 5.74) is 1.75. The summed E-state index contributed by atoms with van der Waals surface area (Å²) in [6.07, 6.45) is 3.77. The predicted octanol–water partition coefficient (Wildman–Crippen LogP) is 4.53. The minimum Gasteiger partial charge on any atom is -0.459 e. The molecule has 1 aromatic carbocycles. The first-order valence-electron chi connectivity index (χ1n) is 14.1. The second-order valence-electron chi connectivity index (χ2n) is 10.3. The van der Waals surface area contributed by atoms with Crippen molar-refractivity contribution >= 4 is 28.9 Å². The van der Waals surface area contributed by atoms with Crippen LogP contribution in [0, 0.1) is 0 Å². The van der Waals surface area contributed by atoms with Crippen LogP contribution in [0.2, 0.25) is 0 Å². The maximum absolute atomic E-state index is 12.7. The van der Waals surface area contributed by atoms with E-state index in [1.807, 2.05) is 35.2 Å². The average Bonchev–Trinajstić information content (AvgIpc) is 3.57. The quantitative estimate of drug-likeness (QED) is 0.175. The Bertz CT molecular complexity index is 1040. The van der Waals surface area contributed by atoms with Crippen molar-refractivity contribution < 1.29 is 34.8 Å². The van der Waals surface area contributed by atoms with Gasteiger partial charge in [-0.05, 0) is 68.4 Å². The van der Waals surface area contributed by atoms with Gasteiger partial charge in [-0.1, -0.05) is 45.2 Å². The van der Waals surface area contributed by atoms with Crippen LogP contribution >= 0.6 is 11.3 Å². The van der Waals surface area contributed by atoms with Crippen LogP contribution in [0.4, 0.5) is 5.69 Å². The molecule has 2 heterocycles. The number of benzene rings is 1. The van der Waals surface area contributed by atoms with Crippen LogP contribution in [0.1, 0.15) is 97.9 Å². The van der Waals surface area contributed by atoms with Crippen molar-refractivity contribution in [2.24, 2.45) is 0 Å². The second-order valence-corrected chi connectivity index (χ2v) is 11.5. The van der Waals surface area contributed by atoms with E-state index in [0.29, 0.717) is 11.3 Å². The molecule has 0 bridgehead atoms. The van der Waals surface area contributed by atoms with Gasteiger partial charge >= 0.3 is 5.97 Å². The van der Waals surface area contributed by atoms with Gasteiger partial charge in [0, 0.05) is 23.0 Å². The fourth-order valence-electron chi connectivity index (χ4n) is 4.95. The van der Waals surface area contributed by atoms with E-state index < -0.39 is 37.0 Å². The fraction of sp³-hybridized carbons (Fsp3) is 0.600. The van der Waals surface area contributed by atoms with Gasteiger partial charge in [0.25, 0.3) is 0 Å². The summed E-state index contributed by atoms with van der Waals surface area (Å²) in [5.74, 6) is -0.453. The number of carbonyl (C=O) groups is 2. The summed E-state index contributed by atoms with van der Waals surface area (Å²) >= 11 is 1.33. The Balaban J connectivity index is 1.48. The second kappa shape index (κ2) is 15.5. The number of ether oxygens (including phenoxy) is 1. The van der Waals surface area contributed by atoms with Gasteiger partial charge in [-0.25, -0.2) is 4.79 Å². The zero-order valence-electron chi connectivity index (χ0n) is 23.0. The molecule has 0 unspecified atom stereocenters. The molecule has 1 aliphatic heterocycles. The number of unbranched alkanes of at least 4 members (excludes halogenated alkanes) is 2. The van der Waals surface area contributed by atoms with Crippen molar-refractivity contribution in [1.29, 1.82) is 0 Å². The van der Waals surface area contributed by atoms with E-state index in [0.717, 1.165) is 67.5 Å². The third-order valence-electron chi connectivity index (χ3n) is 7.38. The normalized spacial score (nSPS) is 18.7. The minimum absolute atomic E-state index is 0.119. The lowest BCUT2D eigenvalue weighted by Crippen LogP contribution is -2.40. The maximum Gasteiger partial charge on any atom is 0.348 e. The number of thiophene rings is 1. The zero-order valence-corrected chi connectivity index (χ0v) is 23.8. The molecular weight excluding hydrogens is 518 g/mol. The Labute approximate surface area is 235 Å². The number of hydrogen-bond acceptors (Lipinski definition) is 8. The molecule has 1 amide bonds. The topological polar surface area (TPSA) is 128 Å². The van der Waals surface area contributed by atoms with Gasteiger partial charge in [0.15, 0.2) is 0 Å². The molecule has 1 fully saturated rings. The molecule has 0 spiro atoms. The summed E-state index contributed by atoms with van der Waals surface area (Å²) in [4.78, 5) is 28.4. The Morgan fingerprint density at radius 3 is 2.46 bits per heavy atom. The first-order chi connectivity index (χ1) is 18.7. The van der Waals surface area contributed by atoms with Gasteiger partial charge in [-0.2, -0.15) is 0 Å². The largest absolute Gasteiger partial charge is 0.459 e. The van der Waals surface area contributed by atoms with E-state index in [4.69, 9.17) is 4.74 Å². The summed E-state index contributed by atoms with van der Waals surface area (Å²) in [7, 11) is 0. The highest BCUT2D eigenvalue weighted by Gasteiger charge is 2.32. The van der Waals surface area contributed by atoms with Gasteiger partial charge < -0.3 is 30.1 Å². The van der Waals surface area contributed by atoms with Crippen LogP contribution < -0.4 is 4.90 Å². The van der Waals surface area contributed by atoms with Crippen LogP contribution in [-0.4, -0.2) is 63.3 Å².